The van der Waals surface area contributed by atoms with Crippen LogP contribution in [0.1, 0.15) is 10.4 Å². The minimum absolute atomic E-state index is 0.139. The zero-order valence-electron chi connectivity index (χ0n) is 16.8. The van der Waals surface area contributed by atoms with Crippen LogP contribution in [0.5, 0.6) is 0 Å². The highest BCUT2D eigenvalue weighted by Gasteiger charge is 2.15. The first kappa shape index (κ1) is 23.1. The molecule has 0 aliphatic rings. The van der Waals surface area contributed by atoms with Gasteiger partial charge in [0.1, 0.15) is 0 Å². The Labute approximate surface area is 204 Å². The maximum absolute atomic E-state index is 12.8. The van der Waals surface area contributed by atoms with Crippen LogP contribution in [0.3, 0.4) is 0 Å². The third kappa shape index (κ3) is 4.82. The van der Waals surface area contributed by atoms with Crippen molar-refractivity contribution >= 4 is 66.4 Å². The van der Waals surface area contributed by atoms with Gasteiger partial charge >= 0.3 is 0 Å². The molecule has 1 amide bonds. The maximum atomic E-state index is 12.8. The second-order valence-corrected chi connectivity index (χ2v) is 10.3. The molecule has 1 heterocycles. The van der Waals surface area contributed by atoms with E-state index >= 15 is 0 Å². The molecule has 0 fully saturated rings. The molecule has 166 valence electrons. The second-order valence-electron chi connectivity index (χ2n) is 6.79. The number of aromatic nitrogens is 1. The van der Waals surface area contributed by atoms with Gasteiger partial charge in [-0.15, -0.1) is 6.42 Å². The number of nitrogens with one attached hydrogen (secondary N) is 1. The molecule has 0 unspecified atom stereocenters. The number of hydrogen-bond acceptors (Lipinski definition) is 4. The van der Waals surface area contributed by atoms with Crippen LogP contribution in [0.15, 0.2) is 76.6 Å². The van der Waals surface area contributed by atoms with Crippen molar-refractivity contribution in [1.29, 1.82) is 0 Å². The lowest BCUT2D eigenvalue weighted by Crippen LogP contribution is -2.16. The van der Waals surface area contributed by atoms with Gasteiger partial charge in [-0.2, -0.15) is 4.99 Å². The molecule has 0 aliphatic carbocycles. The number of hydrogen-bond donors (Lipinski definition) is 1. The minimum atomic E-state index is -3.73. The van der Waals surface area contributed by atoms with E-state index in [4.69, 9.17) is 29.6 Å². The molecule has 6 nitrogen and oxygen atoms in total. The van der Waals surface area contributed by atoms with E-state index in [9.17, 15) is 13.2 Å². The highest BCUT2D eigenvalue weighted by molar-refractivity contribution is 7.92. The molecule has 4 aromatic rings. The van der Waals surface area contributed by atoms with Crippen molar-refractivity contribution in [2.24, 2.45) is 4.99 Å². The van der Waals surface area contributed by atoms with Gasteiger partial charge in [-0.1, -0.05) is 58.7 Å². The van der Waals surface area contributed by atoms with E-state index in [1.807, 2.05) is 0 Å². The van der Waals surface area contributed by atoms with E-state index in [0.717, 1.165) is 0 Å². The average molecular weight is 516 g/mol. The van der Waals surface area contributed by atoms with Crippen molar-refractivity contribution < 1.29 is 13.2 Å². The van der Waals surface area contributed by atoms with Gasteiger partial charge in [0, 0.05) is 11.3 Å². The van der Waals surface area contributed by atoms with Crippen LogP contribution < -0.4 is 9.52 Å². The van der Waals surface area contributed by atoms with Crippen molar-refractivity contribution in [3.8, 4) is 12.3 Å². The van der Waals surface area contributed by atoms with Gasteiger partial charge in [0.15, 0.2) is 4.80 Å². The first-order chi connectivity index (χ1) is 15.8. The summed E-state index contributed by atoms with van der Waals surface area (Å²) >= 11 is 13.8. The van der Waals surface area contributed by atoms with Crippen LogP contribution in [0.4, 0.5) is 5.69 Å². The van der Waals surface area contributed by atoms with Crippen molar-refractivity contribution in [2.45, 2.75) is 11.4 Å². The monoisotopic (exact) mass is 515 g/mol. The zero-order chi connectivity index (χ0) is 23.6. The van der Waals surface area contributed by atoms with Gasteiger partial charge in [-0.3, -0.25) is 9.52 Å². The Morgan fingerprint density at radius 3 is 2.36 bits per heavy atom. The number of halogens is 2. The van der Waals surface area contributed by atoms with Crippen molar-refractivity contribution in [3.05, 3.63) is 87.1 Å². The van der Waals surface area contributed by atoms with Crippen molar-refractivity contribution in [1.82, 2.24) is 4.57 Å². The number of carbonyl (C=O) groups is 1. The summed E-state index contributed by atoms with van der Waals surface area (Å²) in [5.41, 5.74) is 1.21. The molecule has 0 radical (unpaired) electrons. The molecule has 1 aromatic heterocycles. The topological polar surface area (TPSA) is 80.5 Å². The fourth-order valence-corrected chi connectivity index (χ4v) is 5.80. The first-order valence-corrected chi connectivity index (χ1v) is 12.5. The van der Waals surface area contributed by atoms with E-state index in [1.165, 1.54) is 47.7 Å². The van der Waals surface area contributed by atoms with Crippen LogP contribution in [0, 0.1) is 12.3 Å². The number of terminal acetylenes is 1. The Kier molecular flexibility index (Phi) is 6.58. The molecule has 0 saturated carbocycles. The molecule has 0 aliphatic heterocycles. The normalized spacial score (nSPS) is 12.0. The van der Waals surface area contributed by atoms with Gasteiger partial charge in [0.2, 0.25) is 0 Å². The molecule has 10 heteroatoms. The Morgan fingerprint density at radius 2 is 1.70 bits per heavy atom. The third-order valence-corrected chi connectivity index (χ3v) is 7.85. The number of anilines is 1. The minimum Gasteiger partial charge on any atom is -0.303 e. The number of thiazole rings is 1. The molecule has 0 spiro atoms. The number of benzene rings is 3. The van der Waals surface area contributed by atoms with E-state index in [0.29, 0.717) is 30.8 Å². The zero-order valence-corrected chi connectivity index (χ0v) is 20.0. The number of rotatable bonds is 5. The molecule has 0 saturated heterocycles. The summed E-state index contributed by atoms with van der Waals surface area (Å²) in [6.07, 6.45) is 5.49. The summed E-state index contributed by atoms with van der Waals surface area (Å²) in [7, 11) is -3.73. The molecule has 0 atom stereocenters. The largest absolute Gasteiger partial charge is 0.303 e. The summed E-state index contributed by atoms with van der Waals surface area (Å²) in [5, 5.41) is 0.930. The lowest BCUT2D eigenvalue weighted by molar-refractivity contribution is 0.0998. The molecule has 1 N–H and O–H groups in total. The van der Waals surface area contributed by atoms with Crippen molar-refractivity contribution in [2.75, 3.05) is 4.72 Å². The number of carbonyl (C=O) groups excluding carboxylic acids is 1. The van der Waals surface area contributed by atoms with E-state index < -0.39 is 15.9 Å². The molecule has 4 rings (SSSR count). The Morgan fingerprint density at radius 1 is 1.03 bits per heavy atom. The average Bonchev–Trinajstić information content (AvgIpc) is 3.16. The third-order valence-electron chi connectivity index (χ3n) is 4.61. The quantitative estimate of drug-likeness (QED) is 0.371. The summed E-state index contributed by atoms with van der Waals surface area (Å²) in [6, 6.07) is 17.3. The number of fused-ring (bicyclic) bond motifs is 1. The summed E-state index contributed by atoms with van der Waals surface area (Å²) in [4.78, 5) is 17.5. The standard InChI is InChI=1S/C23H15Cl2N3O3S2/c1-2-14-28-20-18(24)12-13-19(25)21(20)32-23(28)26-22(29)15-8-10-16(11-9-15)27-33(30,31)17-6-4-3-5-7-17/h1,3-13,27H,14H2. The van der Waals surface area contributed by atoms with Crippen LogP contribution in [-0.4, -0.2) is 18.9 Å². The van der Waals surface area contributed by atoms with Crippen LogP contribution in [-0.2, 0) is 16.6 Å². The van der Waals surface area contributed by atoms with Gasteiger partial charge in [0.25, 0.3) is 15.9 Å². The highest BCUT2D eigenvalue weighted by Crippen LogP contribution is 2.31. The highest BCUT2D eigenvalue weighted by atomic mass is 35.5. The lowest BCUT2D eigenvalue weighted by atomic mass is 10.2. The Balaban J connectivity index is 1.65. The molecule has 33 heavy (non-hydrogen) atoms. The molecular weight excluding hydrogens is 501 g/mol. The van der Waals surface area contributed by atoms with Gasteiger partial charge in [-0.25, -0.2) is 8.42 Å². The fourth-order valence-electron chi connectivity index (χ4n) is 3.08. The van der Waals surface area contributed by atoms with Crippen LogP contribution in [0.25, 0.3) is 10.2 Å². The predicted molar refractivity (Wildman–Crippen MR) is 132 cm³/mol. The SMILES string of the molecule is C#CCn1c(=NC(=O)c2ccc(NS(=O)(=O)c3ccccc3)cc2)sc2c(Cl)ccc(Cl)c21. The summed E-state index contributed by atoms with van der Waals surface area (Å²) in [6.45, 7) is 0.159. The maximum Gasteiger partial charge on any atom is 0.279 e. The van der Waals surface area contributed by atoms with E-state index in [1.54, 1.807) is 34.9 Å². The van der Waals surface area contributed by atoms with Crippen LogP contribution >= 0.6 is 34.5 Å². The summed E-state index contributed by atoms with van der Waals surface area (Å²) < 4.78 is 29.8. The predicted octanol–water partition coefficient (Wildman–Crippen LogP) is 5.18. The number of amides is 1. The first-order valence-electron chi connectivity index (χ1n) is 9.48. The van der Waals surface area contributed by atoms with E-state index in [2.05, 4.69) is 15.6 Å². The van der Waals surface area contributed by atoms with Gasteiger partial charge in [0.05, 0.1) is 31.7 Å². The fraction of sp³-hybridized carbons (Fsp3) is 0.0435. The number of sulfonamides is 1. The summed E-state index contributed by atoms with van der Waals surface area (Å²) in [5.74, 6) is 2.02. The molecule has 0 bridgehead atoms. The Hall–Kier alpha value is -3.09. The molecular formula is C23H15Cl2N3O3S2. The van der Waals surface area contributed by atoms with Gasteiger partial charge < -0.3 is 4.57 Å². The van der Waals surface area contributed by atoms with Crippen molar-refractivity contribution in [3.63, 3.8) is 0 Å². The number of nitrogens with zero attached hydrogens (tertiary/aromatic N) is 2. The van der Waals surface area contributed by atoms with E-state index in [-0.39, 0.29) is 17.0 Å². The second kappa shape index (κ2) is 9.41. The molecule has 3 aromatic carbocycles. The lowest BCUT2D eigenvalue weighted by Gasteiger charge is -2.08. The Bertz CT molecular complexity index is 1570. The smallest absolute Gasteiger partial charge is 0.279 e. The van der Waals surface area contributed by atoms with Gasteiger partial charge in [-0.05, 0) is 48.5 Å². The van der Waals surface area contributed by atoms with Crippen LogP contribution in [0.2, 0.25) is 10.0 Å².